The maximum atomic E-state index is 14.0. The quantitative estimate of drug-likeness (QED) is 0.322. The molecule has 1 N–H and O–H groups in total. The lowest BCUT2D eigenvalue weighted by molar-refractivity contribution is -0.115. The average Bonchev–Trinajstić information content (AvgIpc) is 3.23. The lowest BCUT2D eigenvalue weighted by Gasteiger charge is -2.22. The topological polar surface area (TPSA) is 69.0 Å². The van der Waals surface area contributed by atoms with Crippen LogP contribution in [0.15, 0.2) is 53.7 Å². The fraction of sp³-hybridized carbons (Fsp3) is 0.423. The molecule has 0 spiro atoms. The highest BCUT2D eigenvalue weighted by Crippen LogP contribution is 2.33. The van der Waals surface area contributed by atoms with E-state index in [1.165, 1.54) is 17.8 Å². The number of halogens is 1. The number of carbonyl (C=O) groups excluding carboxylic acids is 1. The minimum Gasteiger partial charge on any atom is -0.482 e. The molecular formula is C26H33FN4O2S. The molecule has 182 valence electrons. The van der Waals surface area contributed by atoms with Gasteiger partial charge in [-0.05, 0) is 56.9 Å². The zero-order valence-corrected chi connectivity index (χ0v) is 21.4. The van der Waals surface area contributed by atoms with Gasteiger partial charge in [-0.2, -0.15) is 0 Å². The van der Waals surface area contributed by atoms with Gasteiger partial charge < -0.3 is 14.6 Å². The number of para-hydroxylation sites is 2. The van der Waals surface area contributed by atoms with Crippen LogP contribution in [0.5, 0.6) is 5.75 Å². The fourth-order valence-corrected chi connectivity index (χ4v) is 4.76. The number of hydrogen-bond donors (Lipinski definition) is 1. The van der Waals surface area contributed by atoms with Gasteiger partial charge in [-0.15, -0.1) is 10.2 Å². The predicted octanol–water partition coefficient (Wildman–Crippen LogP) is 6.77. The second-order valence-electron chi connectivity index (χ2n) is 8.74. The van der Waals surface area contributed by atoms with Crippen LogP contribution in [0.1, 0.15) is 77.4 Å². The first kappa shape index (κ1) is 25.7. The van der Waals surface area contributed by atoms with Gasteiger partial charge in [0, 0.05) is 6.04 Å². The van der Waals surface area contributed by atoms with Crippen molar-refractivity contribution in [1.29, 1.82) is 0 Å². The van der Waals surface area contributed by atoms with Crippen LogP contribution in [0.3, 0.4) is 0 Å². The molecule has 1 amide bonds. The summed E-state index contributed by atoms with van der Waals surface area (Å²) in [5.41, 5.74) is 1.30. The normalized spacial score (nSPS) is 13.2. The second kappa shape index (κ2) is 11.5. The molecule has 0 fully saturated rings. The maximum Gasteiger partial charge on any atom is 0.238 e. The van der Waals surface area contributed by atoms with Crippen molar-refractivity contribution >= 4 is 23.4 Å². The van der Waals surface area contributed by atoms with Gasteiger partial charge in [-0.3, -0.25) is 4.79 Å². The van der Waals surface area contributed by atoms with E-state index in [4.69, 9.17) is 4.74 Å². The second-order valence-corrected chi connectivity index (χ2v) is 9.91. The number of aromatic nitrogens is 3. The van der Waals surface area contributed by atoms with Crippen molar-refractivity contribution in [3.05, 3.63) is 65.7 Å². The van der Waals surface area contributed by atoms with Crippen LogP contribution < -0.4 is 10.1 Å². The Morgan fingerprint density at radius 3 is 2.38 bits per heavy atom. The molecule has 2 unspecified atom stereocenters. The molecule has 1 heterocycles. The number of carbonyl (C=O) groups is 1. The van der Waals surface area contributed by atoms with Gasteiger partial charge in [0.1, 0.15) is 11.6 Å². The molecule has 0 bridgehead atoms. The molecule has 0 aliphatic carbocycles. The van der Waals surface area contributed by atoms with Crippen LogP contribution in [0.4, 0.5) is 10.1 Å². The molecule has 0 saturated heterocycles. The van der Waals surface area contributed by atoms with Gasteiger partial charge in [0.05, 0.1) is 10.9 Å². The lowest BCUT2D eigenvalue weighted by atomic mass is 10.0. The molecule has 2 aromatic carbocycles. The van der Waals surface area contributed by atoms with Crippen LogP contribution >= 0.6 is 11.8 Å². The molecule has 3 aromatic rings. The van der Waals surface area contributed by atoms with Crippen molar-refractivity contribution < 1.29 is 13.9 Å². The summed E-state index contributed by atoms with van der Waals surface area (Å²) in [6, 6.07) is 14.2. The summed E-state index contributed by atoms with van der Waals surface area (Å²) in [6.45, 7) is 12.2. The molecule has 3 rings (SSSR count). The Kier molecular flexibility index (Phi) is 8.72. The standard InChI is InChI=1S/C26H33FN4O2S/c1-7-23(25(32)28-21-14-10-9-13-20(21)27)34-26-30-29-24(31(26)17(4)5)18(6)33-22-15-11-8-12-19(22)16(2)3/h8-18,23H,7H2,1-6H3,(H,28,32). The molecule has 1 aromatic heterocycles. The van der Waals surface area contributed by atoms with E-state index in [2.05, 4.69) is 35.4 Å². The van der Waals surface area contributed by atoms with Crippen molar-refractivity contribution in [3.63, 3.8) is 0 Å². The monoisotopic (exact) mass is 484 g/mol. The van der Waals surface area contributed by atoms with E-state index < -0.39 is 11.1 Å². The molecule has 0 saturated carbocycles. The number of hydrogen-bond acceptors (Lipinski definition) is 5. The Labute approximate surface area is 205 Å². The van der Waals surface area contributed by atoms with E-state index in [0.717, 1.165) is 11.3 Å². The summed E-state index contributed by atoms with van der Waals surface area (Å²) >= 11 is 1.33. The highest BCUT2D eigenvalue weighted by Gasteiger charge is 2.27. The lowest BCUT2D eigenvalue weighted by Crippen LogP contribution is -2.26. The fourth-order valence-electron chi connectivity index (χ4n) is 3.66. The Balaban J connectivity index is 1.81. The Bertz CT molecular complexity index is 1120. The summed E-state index contributed by atoms with van der Waals surface area (Å²) in [7, 11) is 0. The van der Waals surface area contributed by atoms with Gasteiger partial charge >= 0.3 is 0 Å². The van der Waals surface area contributed by atoms with Crippen LogP contribution in [0.2, 0.25) is 0 Å². The first-order chi connectivity index (χ1) is 16.2. The molecule has 0 aliphatic rings. The zero-order valence-electron chi connectivity index (χ0n) is 20.6. The smallest absolute Gasteiger partial charge is 0.238 e. The number of benzene rings is 2. The number of anilines is 1. The van der Waals surface area contributed by atoms with E-state index in [-0.39, 0.29) is 23.7 Å². The average molecular weight is 485 g/mol. The van der Waals surface area contributed by atoms with E-state index >= 15 is 0 Å². The number of nitrogens with one attached hydrogen (secondary N) is 1. The molecule has 8 heteroatoms. The van der Waals surface area contributed by atoms with Crippen LogP contribution in [0, 0.1) is 5.82 Å². The van der Waals surface area contributed by atoms with Gasteiger partial charge in [-0.25, -0.2) is 4.39 Å². The van der Waals surface area contributed by atoms with Crippen LogP contribution in [-0.2, 0) is 4.79 Å². The van der Waals surface area contributed by atoms with Gasteiger partial charge in [0.2, 0.25) is 5.91 Å². The molecule has 6 nitrogen and oxygen atoms in total. The van der Waals surface area contributed by atoms with E-state index in [1.807, 2.05) is 50.5 Å². The number of thioether (sulfide) groups is 1. The minimum atomic E-state index is -0.462. The summed E-state index contributed by atoms with van der Waals surface area (Å²) < 4.78 is 22.3. The summed E-state index contributed by atoms with van der Waals surface area (Å²) in [4.78, 5) is 12.9. The summed E-state index contributed by atoms with van der Waals surface area (Å²) in [5.74, 6) is 1.12. The third-order valence-electron chi connectivity index (χ3n) is 5.46. The Morgan fingerprint density at radius 1 is 1.06 bits per heavy atom. The third kappa shape index (κ3) is 5.97. The van der Waals surface area contributed by atoms with Crippen LogP contribution in [-0.4, -0.2) is 25.9 Å². The van der Waals surface area contributed by atoms with Crippen LogP contribution in [0.25, 0.3) is 0 Å². The number of amides is 1. The molecule has 0 radical (unpaired) electrons. The summed E-state index contributed by atoms with van der Waals surface area (Å²) in [6.07, 6.45) is 0.218. The van der Waals surface area contributed by atoms with Crippen molar-refractivity contribution in [2.75, 3.05) is 5.32 Å². The zero-order chi connectivity index (χ0) is 24.8. The minimum absolute atomic E-state index is 0.0611. The van der Waals surface area contributed by atoms with E-state index in [0.29, 0.717) is 23.3 Å². The van der Waals surface area contributed by atoms with Crippen molar-refractivity contribution in [3.8, 4) is 5.75 Å². The predicted molar refractivity (Wildman–Crippen MR) is 135 cm³/mol. The molecule has 34 heavy (non-hydrogen) atoms. The first-order valence-electron chi connectivity index (χ1n) is 11.6. The van der Waals surface area contributed by atoms with E-state index in [9.17, 15) is 9.18 Å². The van der Waals surface area contributed by atoms with Crippen molar-refractivity contribution in [2.45, 2.75) is 76.4 Å². The number of ether oxygens (including phenoxy) is 1. The van der Waals surface area contributed by atoms with Gasteiger partial charge in [-0.1, -0.05) is 62.9 Å². The van der Waals surface area contributed by atoms with Crippen molar-refractivity contribution in [2.24, 2.45) is 0 Å². The Morgan fingerprint density at radius 2 is 1.74 bits per heavy atom. The molecular weight excluding hydrogens is 451 g/mol. The number of rotatable bonds is 10. The molecule has 2 atom stereocenters. The third-order valence-corrected chi connectivity index (χ3v) is 6.78. The Hall–Kier alpha value is -2.87. The highest BCUT2D eigenvalue weighted by atomic mass is 32.2. The molecule has 0 aliphatic heterocycles. The van der Waals surface area contributed by atoms with Gasteiger partial charge in [0.25, 0.3) is 0 Å². The van der Waals surface area contributed by atoms with Gasteiger partial charge in [0.15, 0.2) is 17.1 Å². The van der Waals surface area contributed by atoms with Crippen molar-refractivity contribution in [1.82, 2.24) is 14.8 Å². The maximum absolute atomic E-state index is 14.0. The largest absolute Gasteiger partial charge is 0.482 e. The SMILES string of the molecule is CCC(Sc1nnc(C(C)Oc2ccccc2C(C)C)n1C(C)C)C(=O)Nc1ccccc1F. The number of nitrogens with zero attached hydrogens (tertiary/aromatic N) is 3. The van der Waals surface area contributed by atoms with E-state index in [1.54, 1.807) is 18.2 Å². The first-order valence-corrected chi connectivity index (χ1v) is 12.5. The highest BCUT2D eigenvalue weighted by molar-refractivity contribution is 8.00. The summed E-state index contributed by atoms with van der Waals surface area (Å²) in [5, 5.41) is 11.7.